The van der Waals surface area contributed by atoms with Crippen LogP contribution in [0.2, 0.25) is 0 Å². The third-order valence-electron chi connectivity index (χ3n) is 7.45. The molecule has 6 rings (SSSR count). The van der Waals surface area contributed by atoms with Crippen LogP contribution in [0.3, 0.4) is 0 Å². The molecule has 2 aliphatic heterocycles. The second kappa shape index (κ2) is 13.2. The lowest BCUT2D eigenvalue weighted by Crippen LogP contribution is -2.36. The number of carbonyl (C=O) groups is 3. The molecule has 0 aliphatic carbocycles. The molecule has 0 aromatic heterocycles. The lowest BCUT2D eigenvalue weighted by Gasteiger charge is -2.28. The Morgan fingerprint density at radius 2 is 1.73 bits per heavy atom. The zero-order valence-corrected chi connectivity index (χ0v) is 25.0. The van der Waals surface area contributed by atoms with Crippen LogP contribution >= 0.6 is 11.8 Å². The Kier molecular flexibility index (Phi) is 8.81. The summed E-state index contributed by atoms with van der Waals surface area (Å²) in [7, 11) is 1.55. The van der Waals surface area contributed by atoms with Gasteiger partial charge in [-0.25, -0.2) is 0 Å². The molecule has 44 heavy (non-hydrogen) atoms. The van der Waals surface area contributed by atoms with Gasteiger partial charge in [0.05, 0.1) is 25.2 Å². The fraction of sp³-hybridized carbons (Fsp3) is 0.206. The van der Waals surface area contributed by atoms with E-state index in [9.17, 15) is 14.4 Å². The van der Waals surface area contributed by atoms with Gasteiger partial charge in [-0.3, -0.25) is 19.3 Å². The first kappa shape index (κ1) is 29.3. The number of anilines is 2. The average molecular weight is 610 g/mol. The van der Waals surface area contributed by atoms with Gasteiger partial charge in [0.25, 0.3) is 11.1 Å². The number of nitrogens with zero attached hydrogens (tertiary/aromatic N) is 2. The Labute approximate surface area is 259 Å². The van der Waals surface area contributed by atoms with Gasteiger partial charge < -0.3 is 24.4 Å². The first-order valence-electron chi connectivity index (χ1n) is 14.2. The summed E-state index contributed by atoms with van der Waals surface area (Å²) in [6, 6.07) is 27.0. The minimum absolute atomic E-state index is 0.226. The second-order valence-electron chi connectivity index (χ2n) is 10.3. The molecule has 224 valence electrons. The Morgan fingerprint density at radius 1 is 0.955 bits per heavy atom. The zero-order chi connectivity index (χ0) is 30.5. The first-order chi connectivity index (χ1) is 21.5. The van der Waals surface area contributed by atoms with Crippen LogP contribution in [0, 0.1) is 0 Å². The number of benzene rings is 4. The highest BCUT2D eigenvalue weighted by Gasteiger charge is 2.36. The molecule has 0 spiro atoms. The van der Waals surface area contributed by atoms with Crippen LogP contribution in [0.4, 0.5) is 16.2 Å². The van der Waals surface area contributed by atoms with Crippen molar-refractivity contribution in [2.45, 2.75) is 6.61 Å². The number of morpholine rings is 1. The van der Waals surface area contributed by atoms with Crippen molar-refractivity contribution in [3.8, 4) is 11.5 Å². The first-order valence-corrected chi connectivity index (χ1v) is 15.1. The van der Waals surface area contributed by atoms with Crippen molar-refractivity contribution in [2.24, 2.45) is 0 Å². The molecule has 0 saturated carbocycles. The fourth-order valence-electron chi connectivity index (χ4n) is 5.18. The Bertz CT molecular complexity index is 1730. The van der Waals surface area contributed by atoms with E-state index in [1.165, 1.54) is 0 Å². The zero-order valence-electron chi connectivity index (χ0n) is 24.2. The maximum atomic E-state index is 13.1. The normalized spacial score (nSPS) is 16.1. The van der Waals surface area contributed by atoms with Crippen LogP contribution in [-0.4, -0.2) is 61.9 Å². The Hall–Kier alpha value is -4.80. The predicted molar refractivity (Wildman–Crippen MR) is 172 cm³/mol. The van der Waals surface area contributed by atoms with E-state index in [1.807, 2.05) is 36.4 Å². The number of carbonyl (C=O) groups excluding carboxylic acids is 3. The molecular weight excluding hydrogens is 578 g/mol. The molecule has 0 bridgehead atoms. The van der Waals surface area contributed by atoms with E-state index >= 15 is 0 Å². The van der Waals surface area contributed by atoms with Crippen LogP contribution < -0.4 is 19.7 Å². The van der Waals surface area contributed by atoms with E-state index < -0.39 is 17.1 Å². The van der Waals surface area contributed by atoms with Gasteiger partial charge in [0, 0.05) is 24.5 Å². The van der Waals surface area contributed by atoms with Crippen molar-refractivity contribution < 1.29 is 28.6 Å². The van der Waals surface area contributed by atoms with Crippen molar-refractivity contribution >= 4 is 57.0 Å². The van der Waals surface area contributed by atoms with Crippen LogP contribution in [0.1, 0.15) is 11.1 Å². The number of amides is 3. The topological polar surface area (TPSA) is 97.4 Å². The minimum atomic E-state index is -0.520. The number of ether oxygens (including phenoxy) is 3. The summed E-state index contributed by atoms with van der Waals surface area (Å²) in [5.41, 5.74) is 3.35. The summed E-state index contributed by atoms with van der Waals surface area (Å²) in [6.07, 6.45) is 1.62. The minimum Gasteiger partial charge on any atom is -0.493 e. The van der Waals surface area contributed by atoms with Crippen LogP contribution in [0.15, 0.2) is 89.8 Å². The van der Waals surface area contributed by atoms with Crippen LogP contribution in [0.5, 0.6) is 11.5 Å². The maximum absolute atomic E-state index is 13.1. The van der Waals surface area contributed by atoms with Crippen molar-refractivity contribution in [1.29, 1.82) is 0 Å². The number of methoxy groups -OCH3 is 1. The summed E-state index contributed by atoms with van der Waals surface area (Å²) >= 11 is 0.800. The largest absolute Gasteiger partial charge is 0.493 e. The van der Waals surface area contributed by atoms with E-state index in [-0.39, 0.29) is 11.4 Å². The van der Waals surface area contributed by atoms with Gasteiger partial charge in [-0.15, -0.1) is 0 Å². The lowest BCUT2D eigenvalue weighted by atomic mass is 10.1. The number of nitrogens with one attached hydrogen (secondary N) is 1. The molecule has 1 N–H and O–H groups in total. The number of thioether (sulfide) groups is 1. The Morgan fingerprint density at radius 3 is 2.52 bits per heavy atom. The highest BCUT2D eigenvalue weighted by molar-refractivity contribution is 8.18. The standard InChI is InChI=1S/C34H31N3O6S/c1-41-30-19-23(9-14-29(30)43-22-25-7-4-6-24-5-2-3-8-28(24)25)20-31-33(39)37(34(40)44-31)21-32(38)35-26-10-12-27(13-11-26)36-15-17-42-18-16-36/h2-14,19-20H,15-18,21-22H2,1H3,(H,35,38)/b31-20+. The van der Waals surface area contributed by atoms with Gasteiger partial charge in [0.15, 0.2) is 11.5 Å². The monoisotopic (exact) mass is 609 g/mol. The molecule has 2 saturated heterocycles. The second-order valence-corrected chi connectivity index (χ2v) is 11.3. The molecule has 4 aromatic rings. The molecular formula is C34H31N3O6S. The molecule has 10 heteroatoms. The van der Waals surface area contributed by atoms with E-state index in [0.29, 0.717) is 42.6 Å². The molecule has 0 atom stereocenters. The highest BCUT2D eigenvalue weighted by Crippen LogP contribution is 2.35. The maximum Gasteiger partial charge on any atom is 0.294 e. The molecule has 9 nitrogen and oxygen atoms in total. The van der Waals surface area contributed by atoms with Crippen LogP contribution in [-0.2, 0) is 20.9 Å². The Balaban J connectivity index is 1.08. The van der Waals surface area contributed by atoms with E-state index in [2.05, 4.69) is 28.4 Å². The smallest absolute Gasteiger partial charge is 0.294 e. The molecule has 2 aliphatic rings. The van der Waals surface area contributed by atoms with Crippen LogP contribution in [0.25, 0.3) is 16.8 Å². The summed E-state index contributed by atoms with van der Waals surface area (Å²) in [5, 5.41) is 4.53. The predicted octanol–water partition coefficient (Wildman–Crippen LogP) is 5.94. The highest BCUT2D eigenvalue weighted by atomic mass is 32.2. The fourth-order valence-corrected chi connectivity index (χ4v) is 6.01. The van der Waals surface area contributed by atoms with Gasteiger partial charge in [-0.1, -0.05) is 48.5 Å². The summed E-state index contributed by atoms with van der Waals surface area (Å²) < 4.78 is 17.1. The van der Waals surface area contributed by atoms with Crippen molar-refractivity contribution in [3.63, 3.8) is 0 Å². The van der Waals surface area contributed by atoms with Crippen molar-refractivity contribution in [1.82, 2.24) is 4.90 Å². The number of imide groups is 1. The number of fused-ring (bicyclic) bond motifs is 1. The number of rotatable bonds is 9. The van der Waals surface area contributed by atoms with Gasteiger partial charge in [-0.2, -0.15) is 0 Å². The van der Waals surface area contributed by atoms with Gasteiger partial charge in [0.1, 0.15) is 13.2 Å². The van der Waals surface area contributed by atoms with Crippen molar-refractivity contribution in [3.05, 3.63) is 101 Å². The number of hydrogen-bond acceptors (Lipinski definition) is 8. The SMILES string of the molecule is COc1cc(/C=C2/SC(=O)N(CC(=O)Nc3ccc(N4CCOCC4)cc3)C2=O)ccc1OCc1cccc2ccccc12. The molecule has 0 unspecified atom stereocenters. The summed E-state index contributed by atoms with van der Waals surface area (Å²) in [5.74, 6) is 0.0765. The van der Waals surface area contributed by atoms with Gasteiger partial charge >= 0.3 is 0 Å². The van der Waals surface area contributed by atoms with Crippen molar-refractivity contribution in [2.75, 3.05) is 50.2 Å². The summed E-state index contributed by atoms with van der Waals surface area (Å²) in [6.45, 7) is 2.98. The van der Waals surface area contributed by atoms with E-state index in [4.69, 9.17) is 14.2 Å². The summed E-state index contributed by atoms with van der Waals surface area (Å²) in [4.78, 5) is 41.9. The van der Waals surface area contributed by atoms with E-state index in [1.54, 1.807) is 43.5 Å². The van der Waals surface area contributed by atoms with Gasteiger partial charge in [-0.05, 0) is 76.1 Å². The molecule has 3 amide bonds. The molecule has 4 aromatic carbocycles. The molecule has 0 radical (unpaired) electrons. The van der Waals surface area contributed by atoms with Gasteiger partial charge in [0.2, 0.25) is 5.91 Å². The number of hydrogen-bond donors (Lipinski definition) is 1. The van der Waals surface area contributed by atoms with E-state index in [0.717, 1.165) is 51.8 Å². The average Bonchev–Trinajstić information content (AvgIpc) is 3.31. The quantitative estimate of drug-likeness (QED) is 0.233. The lowest BCUT2D eigenvalue weighted by molar-refractivity contribution is -0.127. The molecule has 2 heterocycles. The molecule has 2 fully saturated rings. The third-order valence-corrected chi connectivity index (χ3v) is 8.36. The third kappa shape index (κ3) is 6.56.